The minimum atomic E-state index is -0.714. The maximum absolute atomic E-state index is 10.7. The van der Waals surface area contributed by atoms with Crippen LogP contribution in [-0.2, 0) is 16.1 Å². The van der Waals surface area contributed by atoms with Crippen LogP contribution in [0.25, 0.3) is 0 Å². The molecule has 0 aliphatic heterocycles. The van der Waals surface area contributed by atoms with E-state index in [0.717, 1.165) is 56.9 Å². The number of ether oxygens (including phenoxy) is 1. The van der Waals surface area contributed by atoms with Gasteiger partial charge in [-0.3, -0.25) is 4.79 Å². The third-order valence-corrected chi connectivity index (χ3v) is 5.47. The van der Waals surface area contributed by atoms with Gasteiger partial charge in [-0.2, -0.15) is 0 Å². The van der Waals surface area contributed by atoms with Gasteiger partial charge in [0.2, 0.25) is 0 Å². The van der Waals surface area contributed by atoms with Gasteiger partial charge in [-0.15, -0.1) is 0 Å². The molecular formula is C25H42O4. The molecule has 1 aromatic rings. The van der Waals surface area contributed by atoms with E-state index in [2.05, 4.69) is 19.1 Å². The van der Waals surface area contributed by atoms with Crippen LogP contribution in [0.4, 0.5) is 0 Å². The van der Waals surface area contributed by atoms with Crippen LogP contribution in [0, 0.1) is 0 Å². The van der Waals surface area contributed by atoms with Gasteiger partial charge in [0.1, 0.15) is 0 Å². The molecule has 0 saturated heterocycles. The van der Waals surface area contributed by atoms with E-state index in [0.29, 0.717) is 6.61 Å². The summed E-state index contributed by atoms with van der Waals surface area (Å²) in [6.07, 6.45) is 13.6. The van der Waals surface area contributed by atoms with Gasteiger partial charge in [0, 0.05) is 6.42 Å². The van der Waals surface area contributed by atoms with Crippen LogP contribution >= 0.6 is 0 Å². The quantitative estimate of drug-likeness (QED) is 0.257. The molecule has 0 aliphatic carbocycles. The molecule has 0 radical (unpaired) electrons. The number of unbranched alkanes of at least 4 members (excludes halogenated alkanes) is 9. The molecule has 1 aromatic carbocycles. The SMILES string of the molecule is CCCCCCCCC(OCc1ccccc1)C(O)CCCCCCCC(=O)O. The number of aliphatic hydroxyl groups excluding tert-OH is 1. The van der Waals surface area contributed by atoms with Gasteiger partial charge >= 0.3 is 5.97 Å². The predicted molar refractivity (Wildman–Crippen MR) is 119 cm³/mol. The van der Waals surface area contributed by atoms with E-state index in [1.54, 1.807) is 0 Å². The monoisotopic (exact) mass is 406 g/mol. The number of aliphatic hydroxyl groups is 1. The van der Waals surface area contributed by atoms with Crippen molar-refractivity contribution in [1.29, 1.82) is 0 Å². The smallest absolute Gasteiger partial charge is 0.303 e. The molecule has 1 rings (SSSR count). The third-order valence-electron chi connectivity index (χ3n) is 5.47. The van der Waals surface area contributed by atoms with Crippen molar-refractivity contribution < 1.29 is 19.7 Å². The van der Waals surface area contributed by atoms with Gasteiger partial charge < -0.3 is 14.9 Å². The molecule has 4 heteroatoms. The minimum Gasteiger partial charge on any atom is -0.481 e. The van der Waals surface area contributed by atoms with Crippen LogP contribution < -0.4 is 0 Å². The fraction of sp³-hybridized carbons (Fsp3) is 0.720. The van der Waals surface area contributed by atoms with E-state index in [9.17, 15) is 9.90 Å². The Kier molecular flexibility index (Phi) is 15.4. The molecule has 2 N–H and O–H groups in total. The summed E-state index contributed by atoms with van der Waals surface area (Å²) in [4.78, 5) is 10.5. The molecule has 29 heavy (non-hydrogen) atoms. The van der Waals surface area contributed by atoms with Gasteiger partial charge in [-0.05, 0) is 24.8 Å². The summed E-state index contributed by atoms with van der Waals surface area (Å²) < 4.78 is 6.12. The molecule has 166 valence electrons. The maximum atomic E-state index is 10.7. The van der Waals surface area contributed by atoms with Gasteiger partial charge in [0.25, 0.3) is 0 Å². The van der Waals surface area contributed by atoms with Gasteiger partial charge in [0.05, 0.1) is 18.8 Å². The minimum absolute atomic E-state index is 0.103. The number of rotatable bonds is 19. The first-order valence-corrected chi connectivity index (χ1v) is 11.7. The van der Waals surface area contributed by atoms with Crippen molar-refractivity contribution in [3.05, 3.63) is 35.9 Å². The fourth-order valence-corrected chi connectivity index (χ4v) is 3.64. The van der Waals surface area contributed by atoms with Crippen molar-refractivity contribution in [3.63, 3.8) is 0 Å². The van der Waals surface area contributed by atoms with Crippen LogP contribution in [0.1, 0.15) is 102 Å². The number of carboxylic acid groups (broad SMARTS) is 1. The first kappa shape index (κ1) is 25.6. The van der Waals surface area contributed by atoms with E-state index < -0.39 is 12.1 Å². The zero-order valence-corrected chi connectivity index (χ0v) is 18.4. The van der Waals surface area contributed by atoms with E-state index in [1.807, 2.05) is 18.2 Å². The van der Waals surface area contributed by atoms with Crippen LogP contribution in [0.5, 0.6) is 0 Å². The Hall–Kier alpha value is -1.39. The van der Waals surface area contributed by atoms with Crippen molar-refractivity contribution in [2.45, 2.75) is 116 Å². The second-order valence-electron chi connectivity index (χ2n) is 8.16. The normalized spacial score (nSPS) is 13.3. The molecule has 0 bridgehead atoms. The Morgan fingerprint density at radius 1 is 0.862 bits per heavy atom. The first-order valence-electron chi connectivity index (χ1n) is 11.7. The van der Waals surface area contributed by atoms with Crippen LogP contribution in [0.15, 0.2) is 30.3 Å². The summed E-state index contributed by atoms with van der Waals surface area (Å²) in [7, 11) is 0. The lowest BCUT2D eigenvalue weighted by Crippen LogP contribution is -2.29. The molecule has 0 spiro atoms. The van der Waals surface area contributed by atoms with E-state index in [4.69, 9.17) is 9.84 Å². The zero-order chi connectivity index (χ0) is 21.2. The fourth-order valence-electron chi connectivity index (χ4n) is 3.64. The van der Waals surface area contributed by atoms with E-state index in [-0.39, 0.29) is 12.5 Å². The lowest BCUT2D eigenvalue weighted by Gasteiger charge is -2.24. The standard InChI is InChI=1S/C25H42O4/c1-2-3-4-5-8-14-19-24(29-21-22-16-11-10-12-17-22)23(26)18-13-7-6-9-15-20-25(27)28/h10-12,16-17,23-24,26H,2-9,13-15,18-21H2,1H3,(H,27,28). The van der Waals surface area contributed by atoms with Crippen molar-refractivity contribution in [2.24, 2.45) is 0 Å². The molecule has 2 atom stereocenters. The van der Waals surface area contributed by atoms with Gasteiger partial charge in [-0.25, -0.2) is 0 Å². The van der Waals surface area contributed by atoms with Crippen LogP contribution in [-0.4, -0.2) is 28.4 Å². The number of benzene rings is 1. The Morgan fingerprint density at radius 3 is 2.10 bits per heavy atom. The highest BCUT2D eigenvalue weighted by Gasteiger charge is 2.19. The maximum Gasteiger partial charge on any atom is 0.303 e. The lowest BCUT2D eigenvalue weighted by atomic mass is 9.99. The summed E-state index contributed by atoms with van der Waals surface area (Å²) in [5, 5.41) is 19.4. The Morgan fingerprint density at radius 2 is 1.45 bits per heavy atom. The second-order valence-corrected chi connectivity index (χ2v) is 8.16. The molecule has 0 amide bonds. The number of hydrogen-bond acceptors (Lipinski definition) is 3. The lowest BCUT2D eigenvalue weighted by molar-refractivity contribution is -0.137. The zero-order valence-electron chi connectivity index (χ0n) is 18.4. The van der Waals surface area contributed by atoms with Gasteiger partial charge in [-0.1, -0.05) is 101 Å². The highest BCUT2D eigenvalue weighted by molar-refractivity contribution is 5.66. The Bertz CT molecular complexity index is 503. The number of hydrogen-bond donors (Lipinski definition) is 2. The molecule has 0 heterocycles. The predicted octanol–water partition coefficient (Wildman–Crippen LogP) is 6.50. The molecule has 4 nitrogen and oxygen atoms in total. The third kappa shape index (κ3) is 14.3. The average molecular weight is 407 g/mol. The van der Waals surface area contributed by atoms with Crippen LogP contribution in [0.3, 0.4) is 0 Å². The first-order chi connectivity index (χ1) is 14.1. The van der Waals surface area contributed by atoms with Crippen molar-refractivity contribution in [2.75, 3.05) is 0 Å². The molecule has 0 aromatic heterocycles. The Balaban J connectivity index is 2.31. The van der Waals surface area contributed by atoms with E-state index in [1.165, 1.54) is 32.1 Å². The second kappa shape index (κ2) is 17.5. The highest BCUT2D eigenvalue weighted by atomic mass is 16.5. The van der Waals surface area contributed by atoms with Crippen molar-refractivity contribution in [3.8, 4) is 0 Å². The molecule has 0 aliphatic rings. The number of carbonyl (C=O) groups is 1. The molecule has 2 unspecified atom stereocenters. The number of carboxylic acids is 1. The largest absolute Gasteiger partial charge is 0.481 e. The molecule has 0 saturated carbocycles. The average Bonchev–Trinajstić information content (AvgIpc) is 2.72. The van der Waals surface area contributed by atoms with Crippen LogP contribution in [0.2, 0.25) is 0 Å². The summed E-state index contributed by atoms with van der Waals surface area (Å²) in [5.41, 5.74) is 1.14. The summed E-state index contributed by atoms with van der Waals surface area (Å²) in [6.45, 7) is 2.78. The summed E-state index contributed by atoms with van der Waals surface area (Å²) in [5.74, 6) is -0.714. The topological polar surface area (TPSA) is 66.8 Å². The summed E-state index contributed by atoms with van der Waals surface area (Å²) in [6, 6.07) is 10.2. The van der Waals surface area contributed by atoms with E-state index >= 15 is 0 Å². The van der Waals surface area contributed by atoms with Crippen molar-refractivity contribution in [1.82, 2.24) is 0 Å². The molecule has 0 fully saturated rings. The number of aliphatic carboxylic acids is 1. The highest BCUT2D eigenvalue weighted by Crippen LogP contribution is 2.19. The van der Waals surface area contributed by atoms with Crippen molar-refractivity contribution >= 4 is 5.97 Å². The summed E-state index contributed by atoms with van der Waals surface area (Å²) >= 11 is 0. The molecular weight excluding hydrogens is 364 g/mol. The van der Waals surface area contributed by atoms with Gasteiger partial charge in [0.15, 0.2) is 0 Å². The Labute approximate surface area is 177 Å².